The Kier molecular flexibility index (Phi) is 3.09. The number of benzene rings is 1. The van der Waals surface area contributed by atoms with Crippen molar-refractivity contribution in [3.8, 4) is 0 Å². The van der Waals surface area contributed by atoms with Crippen LogP contribution in [-0.4, -0.2) is 22.6 Å². The fourth-order valence-electron chi connectivity index (χ4n) is 2.54. The maximum Gasteiger partial charge on any atom is 0.326 e. The molecule has 0 aliphatic carbocycles. The number of piperidine rings is 1. The number of halogens is 2. The number of rotatable bonds is 1. The number of aromatic nitrogens is 2. The predicted octanol–water partition coefficient (Wildman–Crippen LogP) is 2.56. The van der Waals surface area contributed by atoms with E-state index < -0.39 is 0 Å². The minimum absolute atomic E-state index is 0.1000. The van der Waals surface area contributed by atoms with Crippen LogP contribution in [0.1, 0.15) is 18.9 Å². The molecule has 2 heterocycles. The van der Waals surface area contributed by atoms with Crippen molar-refractivity contribution >= 4 is 34.2 Å². The summed E-state index contributed by atoms with van der Waals surface area (Å²) in [5.74, 6) is 0. The Bertz CT molecular complexity index is 641. The van der Waals surface area contributed by atoms with Crippen LogP contribution in [0.3, 0.4) is 0 Å². The second kappa shape index (κ2) is 4.61. The van der Waals surface area contributed by atoms with Gasteiger partial charge in [0.1, 0.15) is 0 Å². The largest absolute Gasteiger partial charge is 0.326 e. The molecule has 18 heavy (non-hydrogen) atoms. The second-order valence-electron chi connectivity index (χ2n) is 4.58. The first-order valence-electron chi connectivity index (χ1n) is 5.97. The third-order valence-electron chi connectivity index (χ3n) is 3.39. The molecule has 0 amide bonds. The quantitative estimate of drug-likeness (QED) is 0.846. The van der Waals surface area contributed by atoms with Crippen LogP contribution in [0, 0.1) is 0 Å². The molecule has 0 spiro atoms. The molecule has 3 rings (SSSR count). The fourth-order valence-corrected chi connectivity index (χ4v) is 2.86. The van der Waals surface area contributed by atoms with Gasteiger partial charge >= 0.3 is 5.69 Å². The Balaban J connectivity index is 2.18. The third-order valence-corrected chi connectivity index (χ3v) is 4.12. The van der Waals surface area contributed by atoms with Crippen molar-refractivity contribution in [2.45, 2.75) is 18.9 Å². The predicted molar refractivity (Wildman–Crippen MR) is 73.7 cm³/mol. The van der Waals surface area contributed by atoms with E-state index >= 15 is 0 Å². The molecule has 1 aliphatic heterocycles. The minimum atomic E-state index is -0.1000. The zero-order chi connectivity index (χ0) is 12.7. The lowest BCUT2D eigenvalue weighted by molar-refractivity contribution is 0.372. The van der Waals surface area contributed by atoms with Gasteiger partial charge in [0, 0.05) is 6.54 Å². The molecule has 4 nitrogen and oxygen atoms in total. The van der Waals surface area contributed by atoms with Gasteiger partial charge in [-0.3, -0.25) is 4.57 Å². The van der Waals surface area contributed by atoms with E-state index in [1.807, 2.05) is 0 Å². The number of aromatic amines is 1. The first-order chi connectivity index (χ1) is 8.66. The van der Waals surface area contributed by atoms with Gasteiger partial charge in [-0.2, -0.15) is 0 Å². The Morgan fingerprint density at radius 3 is 2.78 bits per heavy atom. The molecule has 1 fully saturated rings. The molecule has 2 N–H and O–H groups in total. The molecule has 0 bridgehead atoms. The molecule has 1 atom stereocenters. The number of hydrogen-bond donors (Lipinski definition) is 2. The summed E-state index contributed by atoms with van der Waals surface area (Å²) in [5, 5.41) is 4.24. The number of H-pyrrole nitrogens is 1. The van der Waals surface area contributed by atoms with Crippen molar-refractivity contribution in [1.29, 1.82) is 0 Å². The molecular weight excluding hydrogens is 273 g/mol. The van der Waals surface area contributed by atoms with E-state index in [0.29, 0.717) is 10.0 Å². The molecule has 0 unspecified atom stereocenters. The highest BCUT2D eigenvalue weighted by molar-refractivity contribution is 6.42. The lowest BCUT2D eigenvalue weighted by Crippen LogP contribution is -2.35. The average molecular weight is 286 g/mol. The van der Waals surface area contributed by atoms with Crippen LogP contribution in [-0.2, 0) is 0 Å². The van der Waals surface area contributed by atoms with Crippen molar-refractivity contribution in [2.75, 3.05) is 13.1 Å². The topological polar surface area (TPSA) is 49.8 Å². The number of hydrogen-bond acceptors (Lipinski definition) is 2. The van der Waals surface area contributed by atoms with Crippen molar-refractivity contribution in [3.05, 3.63) is 32.7 Å². The van der Waals surface area contributed by atoms with Gasteiger partial charge in [0.25, 0.3) is 0 Å². The summed E-state index contributed by atoms with van der Waals surface area (Å²) >= 11 is 12.0. The van der Waals surface area contributed by atoms with E-state index in [1.165, 1.54) is 0 Å². The second-order valence-corrected chi connectivity index (χ2v) is 5.40. The normalized spacial score (nSPS) is 20.4. The smallest absolute Gasteiger partial charge is 0.315 e. The molecule has 1 saturated heterocycles. The van der Waals surface area contributed by atoms with Crippen LogP contribution in [0.15, 0.2) is 16.9 Å². The highest BCUT2D eigenvalue weighted by Gasteiger charge is 2.20. The summed E-state index contributed by atoms with van der Waals surface area (Å²) < 4.78 is 1.78. The first-order valence-corrected chi connectivity index (χ1v) is 6.72. The van der Waals surface area contributed by atoms with Gasteiger partial charge < -0.3 is 10.3 Å². The molecular formula is C12H13Cl2N3O. The van der Waals surface area contributed by atoms with E-state index in [2.05, 4.69) is 10.3 Å². The van der Waals surface area contributed by atoms with Gasteiger partial charge in [0.15, 0.2) is 0 Å². The zero-order valence-electron chi connectivity index (χ0n) is 9.67. The van der Waals surface area contributed by atoms with Crippen molar-refractivity contribution in [1.82, 2.24) is 14.9 Å². The summed E-state index contributed by atoms with van der Waals surface area (Å²) in [6, 6.07) is 3.64. The maximum absolute atomic E-state index is 12.1. The standard InChI is InChI=1S/C12H13Cl2N3O/c13-8-4-10-11(5-9(8)14)17(12(18)16-10)7-2-1-3-15-6-7/h4-5,7,15H,1-3,6H2,(H,16,18)/t7-/m0/s1. The zero-order valence-corrected chi connectivity index (χ0v) is 11.2. The first kappa shape index (κ1) is 12.1. The molecule has 1 aromatic carbocycles. The van der Waals surface area contributed by atoms with Crippen LogP contribution < -0.4 is 11.0 Å². The SMILES string of the molecule is O=c1[nH]c2cc(Cl)c(Cl)cc2n1[C@H]1CCCNC1. The summed E-state index contributed by atoms with van der Waals surface area (Å²) in [6.07, 6.45) is 2.07. The van der Waals surface area contributed by atoms with Crippen LogP contribution in [0.5, 0.6) is 0 Å². The van der Waals surface area contributed by atoms with E-state index in [1.54, 1.807) is 16.7 Å². The van der Waals surface area contributed by atoms with Crippen LogP contribution >= 0.6 is 23.2 Å². The number of fused-ring (bicyclic) bond motifs is 1. The lowest BCUT2D eigenvalue weighted by Gasteiger charge is -2.24. The molecule has 96 valence electrons. The van der Waals surface area contributed by atoms with Crippen LogP contribution in [0.25, 0.3) is 11.0 Å². The van der Waals surface area contributed by atoms with Gasteiger partial charge in [0.2, 0.25) is 0 Å². The van der Waals surface area contributed by atoms with Crippen LogP contribution in [0.2, 0.25) is 10.0 Å². The Labute approximate surface area is 114 Å². The van der Waals surface area contributed by atoms with E-state index in [9.17, 15) is 4.79 Å². The molecule has 0 saturated carbocycles. The number of nitrogens with one attached hydrogen (secondary N) is 2. The average Bonchev–Trinajstić information content (AvgIpc) is 2.66. The van der Waals surface area contributed by atoms with Crippen molar-refractivity contribution < 1.29 is 0 Å². The monoisotopic (exact) mass is 285 g/mol. The van der Waals surface area contributed by atoms with Gasteiger partial charge in [0.05, 0.1) is 27.1 Å². The highest BCUT2D eigenvalue weighted by Crippen LogP contribution is 2.28. The Morgan fingerprint density at radius 1 is 1.28 bits per heavy atom. The number of nitrogens with zero attached hydrogens (tertiary/aromatic N) is 1. The summed E-state index contributed by atoms with van der Waals surface area (Å²) in [6.45, 7) is 1.83. The molecule has 0 radical (unpaired) electrons. The van der Waals surface area contributed by atoms with Gasteiger partial charge in [-0.05, 0) is 31.5 Å². The van der Waals surface area contributed by atoms with Crippen molar-refractivity contribution in [3.63, 3.8) is 0 Å². The lowest BCUT2D eigenvalue weighted by atomic mass is 10.1. The summed E-state index contributed by atoms with van der Waals surface area (Å²) in [4.78, 5) is 14.9. The molecule has 1 aliphatic rings. The van der Waals surface area contributed by atoms with Gasteiger partial charge in [-0.25, -0.2) is 4.79 Å². The maximum atomic E-state index is 12.1. The van der Waals surface area contributed by atoms with Gasteiger partial charge in [-0.15, -0.1) is 0 Å². The van der Waals surface area contributed by atoms with E-state index in [4.69, 9.17) is 23.2 Å². The molecule has 1 aromatic heterocycles. The summed E-state index contributed by atoms with van der Waals surface area (Å²) in [7, 11) is 0. The van der Waals surface area contributed by atoms with E-state index in [-0.39, 0.29) is 11.7 Å². The molecule has 2 aromatic rings. The molecule has 6 heteroatoms. The number of imidazole rings is 1. The fraction of sp³-hybridized carbons (Fsp3) is 0.417. The van der Waals surface area contributed by atoms with Gasteiger partial charge in [-0.1, -0.05) is 23.2 Å². The minimum Gasteiger partial charge on any atom is -0.315 e. The van der Waals surface area contributed by atoms with Crippen molar-refractivity contribution in [2.24, 2.45) is 0 Å². The summed E-state index contributed by atoms with van der Waals surface area (Å²) in [5.41, 5.74) is 1.46. The Hall–Kier alpha value is -0.970. The van der Waals surface area contributed by atoms with E-state index in [0.717, 1.165) is 37.0 Å². The third kappa shape index (κ3) is 1.94. The Morgan fingerprint density at radius 2 is 2.06 bits per heavy atom. The highest BCUT2D eigenvalue weighted by atomic mass is 35.5. The van der Waals surface area contributed by atoms with Crippen LogP contribution in [0.4, 0.5) is 0 Å².